The first-order valence-electron chi connectivity index (χ1n) is 7.95. The molecule has 0 unspecified atom stereocenters. The van der Waals surface area contributed by atoms with Crippen LogP contribution < -0.4 is 10.1 Å². The van der Waals surface area contributed by atoms with E-state index in [1.54, 1.807) is 0 Å². The molecule has 0 amide bonds. The molecule has 1 aromatic rings. The molecule has 1 N–H and O–H groups in total. The van der Waals surface area contributed by atoms with E-state index in [9.17, 15) is 0 Å². The molecule has 0 aromatic heterocycles. The quantitative estimate of drug-likeness (QED) is 0.749. The summed E-state index contributed by atoms with van der Waals surface area (Å²) in [5, 5.41) is 3.16. The molecule has 20 heavy (non-hydrogen) atoms. The Hall–Kier alpha value is -1.06. The van der Waals surface area contributed by atoms with E-state index in [2.05, 4.69) is 34.5 Å². The van der Waals surface area contributed by atoms with Crippen molar-refractivity contribution in [1.29, 1.82) is 0 Å². The Morgan fingerprint density at radius 3 is 2.50 bits per heavy atom. The molecule has 0 radical (unpaired) electrons. The lowest BCUT2D eigenvalue weighted by Gasteiger charge is -2.21. The van der Waals surface area contributed by atoms with Crippen molar-refractivity contribution in [3.8, 4) is 5.75 Å². The maximum atomic E-state index is 5.89. The van der Waals surface area contributed by atoms with E-state index in [0.717, 1.165) is 37.4 Å². The van der Waals surface area contributed by atoms with Crippen molar-refractivity contribution in [3.05, 3.63) is 29.8 Å². The molecule has 0 bridgehead atoms. The fourth-order valence-electron chi connectivity index (χ4n) is 2.68. The van der Waals surface area contributed by atoms with Gasteiger partial charge >= 0.3 is 0 Å². The normalized spacial score (nSPS) is 18.5. The van der Waals surface area contributed by atoms with Crippen LogP contribution in [0.3, 0.4) is 0 Å². The first-order valence-corrected chi connectivity index (χ1v) is 7.95. The van der Waals surface area contributed by atoms with Crippen molar-refractivity contribution < 1.29 is 4.74 Å². The highest BCUT2D eigenvalue weighted by molar-refractivity contribution is 5.27. The summed E-state index contributed by atoms with van der Waals surface area (Å²) in [6, 6.07) is 9.28. The highest BCUT2D eigenvalue weighted by Gasteiger charge is 2.33. The number of nitrogens with one attached hydrogen (secondary N) is 1. The van der Waals surface area contributed by atoms with Crippen LogP contribution >= 0.6 is 0 Å². The monoisotopic (exact) mass is 274 g/mol. The molecule has 3 rings (SSSR count). The third kappa shape index (κ3) is 4.22. The molecule has 0 saturated heterocycles. The third-order valence-electron chi connectivity index (χ3n) is 4.20. The lowest BCUT2D eigenvalue weighted by molar-refractivity contribution is 0.195. The number of nitrogens with zero attached hydrogens (tertiary/aromatic N) is 1. The second-order valence-electron chi connectivity index (χ2n) is 6.19. The number of rotatable bonds is 9. The molecule has 2 fully saturated rings. The topological polar surface area (TPSA) is 24.5 Å². The predicted octanol–water partition coefficient (Wildman–Crippen LogP) is 2.66. The van der Waals surface area contributed by atoms with E-state index >= 15 is 0 Å². The average Bonchev–Trinajstić information content (AvgIpc) is 3.34. The van der Waals surface area contributed by atoms with Crippen LogP contribution in [0.1, 0.15) is 31.2 Å². The van der Waals surface area contributed by atoms with Crippen LogP contribution in [-0.2, 0) is 6.54 Å². The van der Waals surface area contributed by atoms with Crippen LogP contribution in [0.5, 0.6) is 5.75 Å². The summed E-state index contributed by atoms with van der Waals surface area (Å²) in [7, 11) is 1.97. The van der Waals surface area contributed by atoms with E-state index in [4.69, 9.17) is 4.74 Å². The summed E-state index contributed by atoms with van der Waals surface area (Å²) in [5.74, 6) is 1.98. The lowest BCUT2D eigenvalue weighted by atomic mass is 10.2. The van der Waals surface area contributed by atoms with Gasteiger partial charge in [0.25, 0.3) is 0 Å². The first kappa shape index (κ1) is 13.9. The Morgan fingerprint density at radius 1 is 1.15 bits per heavy atom. The van der Waals surface area contributed by atoms with Gasteiger partial charge in [-0.2, -0.15) is 0 Å². The molecule has 0 spiro atoms. The highest BCUT2D eigenvalue weighted by atomic mass is 16.5. The Kier molecular flexibility index (Phi) is 4.58. The van der Waals surface area contributed by atoms with Gasteiger partial charge in [0.1, 0.15) is 12.4 Å². The molecule has 0 heterocycles. The number of ether oxygens (including phenoxy) is 1. The molecule has 2 aliphatic rings. The second kappa shape index (κ2) is 6.59. The molecular weight excluding hydrogens is 248 g/mol. The Balaban J connectivity index is 1.41. The van der Waals surface area contributed by atoms with Gasteiger partial charge in [-0.3, -0.25) is 4.90 Å². The Bertz CT molecular complexity index is 410. The van der Waals surface area contributed by atoms with Gasteiger partial charge in [-0.1, -0.05) is 12.1 Å². The van der Waals surface area contributed by atoms with Crippen LogP contribution in [0, 0.1) is 5.92 Å². The maximum Gasteiger partial charge on any atom is 0.119 e. The second-order valence-corrected chi connectivity index (χ2v) is 6.19. The summed E-state index contributed by atoms with van der Waals surface area (Å²) in [4.78, 5) is 2.65. The maximum absolute atomic E-state index is 5.89. The molecule has 3 nitrogen and oxygen atoms in total. The van der Waals surface area contributed by atoms with Gasteiger partial charge in [-0.15, -0.1) is 0 Å². The molecule has 110 valence electrons. The Morgan fingerprint density at radius 2 is 1.90 bits per heavy atom. The summed E-state index contributed by atoms with van der Waals surface area (Å²) >= 11 is 0. The van der Waals surface area contributed by atoms with Crippen molar-refractivity contribution in [2.24, 2.45) is 5.92 Å². The van der Waals surface area contributed by atoms with E-state index < -0.39 is 0 Å². The van der Waals surface area contributed by atoms with Crippen molar-refractivity contribution in [2.45, 2.75) is 38.3 Å². The lowest BCUT2D eigenvalue weighted by Crippen LogP contribution is -2.32. The molecule has 0 atom stereocenters. The summed E-state index contributed by atoms with van der Waals surface area (Å²) < 4.78 is 5.89. The standard InChI is InChI=1S/C17H26N2O/c1-18-12-14-4-8-17(9-5-14)20-11-10-19(16-6-7-16)13-15-2-3-15/h4-5,8-9,15-16,18H,2-3,6-7,10-13H2,1H3. The van der Waals surface area contributed by atoms with Crippen molar-refractivity contribution in [1.82, 2.24) is 10.2 Å². The molecule has 3 heteroatoms. The zero-order valence-electron chi connectivity index (χ0n) is 12.5. The minimum Gasteiger partial charge on any atom is -0.492 e. The van der Waals surface area contributed by atoms with E-state index in [-0.39, 0.29) is 0 Å². The van der Waals surface area contributed by atoms with Gasteiger partial charge in [0.05, 0.1) is 0 Å². The van der Waals surface area contributed by atoms with Gasteiger partial charge in [-0.05, 0) is 56.3 Å². The summed E-state index contributed by atoms with van der Waals surface area (Å²) in [6.45, 7) is 4.11. The van der Waals surface area contributed by atoms with Crippen molar-refractivity contribution >= 4 is 0 Å². The zero-order valence-corrected chi connectivity index (χ0v) is 12.5. The van der Waals surface area contributed by atoms with Crippen molar-refractivity contribution in [2.75, 3.05) is 26.7 Å². The largest absolute Gasteiger partial charge is 0.492 e. The van der Waals surface area contributed by atoms with Crippen LogP contribution in [0.25, 0.3) is 0 Å². The minimum absolute atomic E-state index is 0.814. The predicted molar refractivity (Wildman–Crippen MR) is 82.0 cm³/mol. The van der Waals surface area contributed by atoms with E-state index in [1.165, 1.54) is 37.8 Å². The fraction of sp³-hybridized carbons (Fsp3) is 0.647. The number of hydrogen-bond acceptors (Lipinski definition) is 3. The molecule has 2 saturated carbocycles. The van der Waals surface area contributed by atoms with E-state index in [0.29, 0.717) is 0 Å². The van der Waals surface area contributed by atoms with Gasteiger partial charge < -0.3 is 10.1 Å². The van der Waals surface area contributed by atoms with Gasteiger partial charge in [0.15, 0.2) is 0 Å². The number of hydrogen-bond donors (Lipinski definition) is 1. The molecule has 0 aliphatic heterocycles. The third-order valence-corrected chi connectivity index (χ3v) is 4.20. The van der Waals surface area contributed by atoms with Crippen LogP contribution in [0.4, 0.5) is 0 Å². The summed E-state index contributed by atoms with van der Waals surface area (Å²) in [5.41, 5.74) is 1.30. The minimum atomic E-state index is 0.814. The van der Waals surface area contributed by atoms with Crippen LogP contribution in [0.15, 0.2) is 24.3 Å². The molecular formula is C17H26N2O. The van der Waals surface area contributed by atoms with Gasteiger partial charge in [0.2, 0.25) is 0 Å². The first-order chi connectivity index (χ1) is 9.85. The Labute approximate surface area is 122 Å². The molecule has 1 aromatic carbocycles. The van der Waals surface area contributed by atoms with Crippen molar-refractivity contribution in [3.63, 3.8) is 0 Å². The smallest absolute Gasteiger partial charge is 0.119 e. The highest BCUT2D eigenvalue weighted by Crippen LogP contribution is 2.34. The summed E-state index contributed by atoms with van der Waals surface area (Å²) in [6.07, 6.45) is 5.67. The number of benzene rings is 1. The van der Waals surface area contributed by atoms with Gasteiger partial charge in [0, 0.05) is 25.7 Å². The zero-order chi connectivity index (χ0) is 13.8. The van der Waals surface area contributed by atoms with Gasteiger partial charge in [-0.25, -0.2) is 0 Å². The van der Waals surface area contributed by atoms with Crippen LogP contribution in [0.2, 0.25) is 0 Å². The van der Waals surface area contributed by atoms with Crippen LogP contribution in [-0.4, -0.2) is 37.7 Å². The average molecular weight is 274 g/mol. The SMILES string of the molecule is CNCc1ccc(OCCN(CC2CC2)C2CC2)cc1. The molecule has 2 aliphatic carbocycles. The fourth-order valence-corrected chi connectivity index (χ4v) is 2.68. The van der Waals surface area contributed by atoms with E-state index in [1.807, 2.05) is 7.05 Å².